The number of halogens is 1. The highest BCUT2D eigenvalue weighted by Gasteiger charge is 2.27. The summed E-state index contributed by atoms with van der Waals surface area (Å²) in [5, 5.41) is 6.23. The van der Waals surface area contributed by atoms with Crippen molar-refractivity contribution < 1.29 is 9.18 Å². The number of piperidine rings is 1. The van der Waals surface area contributed by atoms with E-state index in [-0.39, 0.29) is 17.6 Å². The van der Waals surface area contributed by atoms with Crippen molar-refractivity contribution in [2.75, 3.05) is 19.6 Å². The van der Waals surface area contributed by atoms with Crippen LogP contribution < -0.4 is 10.6 Å². The Kier molecular flexibility index (Phi) is 4.76. The molecule has 1 amide bonds. The van der Waals surface area contributed by atoms with Gasteiger partial charge in [0.05, 0.1) is 0 Å². The highest BCUT2D eigenvalue weighted by Crippen LogP contribution is 2.25. The summed E-state index contributed by atoms with van der Waals surface area (Å²) in [4.78, 5) is 12.1. The van der Waals surface area contributed by atoms with Gasteiger partial charge in [0.15, 0.2) is 0 Å². The number of hydrogen-bond acceptors (Lipinski definition) is 2. The summed E-state index contributed by atoms with van der Waals surface area (Å²) in [7, 11) is 0. The second-order valence-electron chi connectivity index (χ2n) is 6.11. The Hall–Kier alpha value is -1.42. The fourth-order valence-electron chi connectivity index (χ4n) is 2.64. The quantitative estimate of drug-likeness (QED) is 0.886. The molecular weight excluding hydrogens is 255 g/mol. The van der Waals surface area contributed by atoms with Crippen molar-refractivity contribution in [1.29, 1.82) is 0 Å². The predicted octanol–water partition coefficient (Wildman–Crippen LogP) is 2.22. The molecule has 1 heterocycles. The summed E-state index contributed by atoms with van der Waals surface area (Å²) >= 11 is 0. The molecule has 0 saturated carbocycles. The van der Waals surface area contributed by atoms with Crippen LogP contribution >= 0.6 is 0 Å². The molecule has 2 N–H and O–H groups in total. The van der Waals surface area contributed by atoms with E-state index in [4.69, 9.17) is 0 Å². The SMILES string of the molecule is CC(C)(CNC(=O)C1CCNCC1)c1ccccc1F. The number of hydrogen-bond donors (Lipinski definition) is 2. The minimum atomic E-state index is -0.409. The molecule has 1 aliphatic heterocycles. The molecule has 20 heavy (non-hydrogen) atoms. The van der Waals surface area contributed by atoms with Gasteiger partial charge in [-0.15, -0.1) is 0 Å². The Morgan fingerprint density at radius 2 is 2.00 bits per heavy atom. The van der Waals surface area contributed by atoms with Gasteiger partial charge in [0.1, 0.15) is 5.82 Å². The normalized spacial score (nSPS) is 16.9. The Morgan fingerprint density at radius 1 is 1.35 bits per heavy atom. The molecule has 0 aromatic heterocycles. The van der Waals surface area contributed by atoms with Crippen LogP contribution in [-0.2, 0) is 10.2 Å². The number of benzene rings is 1. The van der Waals surface area contributed by atoms with Crippen molar-refractivity contribution in [3.05, 3.63) is 35.6 Å². The third-order valence-electron chi connectivity index (χ3n) is 4.02. The maximum absolute atomic E-state index is 13.8. The summed E-state index contributed by atoms with van der Waals surface area (Å²) in [5.74, 6) is -0.0304. The molecule has 0 radical (unpaired) electrons. The van der Waals surface area contributed by atoms with Gasteiger partial charge in [-0.3, -0.25) is 4.79 Å². The van der Waals surface area contributed by atoms with Crippen molar-refractivity contribution in [1.82, 2.24) is 10.6 Å². The van der Waals surface area contributed by atoms with E-state index in [2.05, 4.69) is 10.6 Å². The van der Waals surface area contributed by atoms with Crippen LogP contribution in [0.5, 0.6) is 0 Å². The first-order chi connectivity index (χ1) is 9.50. The summed E-state index contributed by atoms with van der Waals surface area (Å²) in [6, 6.07) is 6.76. The van der Waals surface area contributed by atoms with E-state index in [1.54, 1.807) is 12.1 Å². The molecule has 0 aliphatic carbocycles. The highest BCUT2D eigenvalue weighted by molar-refractivity contribution is 5.78. The number of rotatable bonds is 4. The number of carbonyl (C=O) groups excluding carboxylic acids is 1. The number of amides is 1. The highest BCUT2D eigenvalue weighted by atomic mass is 19.1. The summed E-state index contributed by atoms with van der Waals surface area (Å²) in [6.07, 6.45) is 1.76. The lowest BCUT2D eigenvalue weighted by Gasteiger charge is -2.28. The Balaban J connectivity index is 1.95. The van der Waals surface area contributed by atoms with Crippen LogP contribution in [0.15, 0.2) is 24.3 Å². The zero-order chi connectivity index (χ0) is 14.6. The first kappa shape index (κ1) is 15.0. The second kappa shape index (κ2) is 6.35. The smallest absolute Gasteiger partial charge is 0.223 e. The van der Waals surface area contributed by atoms with Crippen molar-refractivity contribution in [3.63, 3.8) is 0 Å². The fraction of sp³-hybridized carbons (Fsp3) is 0.562. The molecule has 0 spiro atoms. The molecular formula is C16H23FN2O. The van der Waals surface area contributed by atoms with Gasteiger partial charge in [-0.2, -0.15) is 0 Å². The first-order valence-electron chi connectivity index (χ1n) is 7.24. The van der Waals surface area contributed by atoms with Gasteiger partial charge in [0, 0.05) is 17.9 Å². The third kappa shape index (κ3) is 3.57. The lowest BCUT2D eigenvalue weighted by molar-refractivity contribution is -0.126. The van der Waals surface area contributed by atoms with Crippen LogP contribution in [0.2, 0.25) is 0 Å². The molecule has 1 aromatic rings. The minimum Gasteiger partial charge on any atom is -0.355 e. The van der Waals surface area contributed by atoms with E-state index in [9.17, 15) is 9.18 Å². The van der Waals surface area contributed by atoms with Crippen LogP contribution in [0.25, 0.3) is 0 Å². The van der Waals surface area contributed by atoms with Gasteiger partial charge in [0.2, 0.25) is 5.91 Å². The topological polar surface area (TPSA) is 41.1 Å². The fourth-order valence-corrected chi connectivity index (χ4v) is 2.64. The largest absolute Gasteiger partial charge is 0.355 e. The molecule has 1 aromatic carbocycles. The van der Waals surface area contributed by atoms with Crippen molar-refractivity contribution in [2.45, 2.75) is 32.1 Å². The molecule has 0 unspecified atom stereocenters. The lowest BCUT2D eigenvalue weighted by atomic mass is 9.84. The van der Waals surface area contributed by atoms with E-state index >= 15 is 0 Å². The predicted molar refractivity (Wildman–Crippen MR) is 78.0 cm³/mol. The molecule has 3 nitrogen and oxygen atoms in total. The monoisotopic (exact) mass is 278 g/mol. The van der Waals surface area contributed by atoms with Crippen LogP contribution in [0, 0.1) is 11.7 Å². The minimum absolute atomic E-state index is 0.0904. The molecule has 0 bridgehead atoms. The van der Waals surface area contributed by atoms with Gasteiger partial charge in [0.25, 0.3) is 0 Å². The molecule has 4 heteroatoms. The average Bonchev–Trinajstić information content (AvgIpc) is 2.46. The standard InChI is InChI=1S/C16H23FN2O/c1-16(2,13-5-3-4-6-14(13)17)11-19-15(20)12-7-9-18-10-8-12/h3-6,12,18H,7-11H2,1-2H3,(H,19,20). The third-order valence-corrected chi connectivity index (χ3v) is 4.02. The maximum atomic E-state index is 13.8. The molecule has 0 atom stereocenters. The maximum Gasteiger partial charge on any atom is 0.223 e. The van der Waals surface area contributed by atoms with Crippen molar-refractivity contribution in [2.24, 2.45) is 5.92 Å². The van der Waals surface area contributed by atoms with E-state index in [0.29, 0.717) is 12.1 Å². The second-order valence-corrected chi connectivity index (χ2v) is 6.11. The van der Waals surface area contributed by atoms with Crippen molar-refractivity contribution in [3.8, 4) is 0 Å². The Labute approximate surface area is 120 Å². The number of nitrogens with one attached hydrogen (secondary N) is 2. The molecule has 110 valence electrons. The van der Waals surface area contributed by atoms with Crippen molar-refractivity contribution >= 4 is 5.91 Å². The van der Waals surface area contributed by atoms with Crippen LogP contribution in [-0.4, -0.2) is 25.5 Å². The Bertz CT molecular complexity index is 467. The van der Waals surface area contributed by atoms with E-state index in [1.165, 1.54) is 6.07 Å². The van der Waals surface area contributed by atoms with E-state index < -0.39 is 5.41 Å². The zero-order valence-corrected chi connectivity index (χ0v) is 12.2. The first-order valence-corrected chi connectivity index (χ1v) is 7.24. The van der Waals surface area contributed by atoms with E-state index in [0.717, 1.165) is 25.9 Å². The zero-order valence-electron chi connectivity index (χ0n) is 12.2. The molecule has 1 fully saturated rings. The van der Waals surface area contributed by atoms with Crippen LogP contribution in [0.1, 0.15) is 32.3 Å². The van der Waals surface area contributed by atoms with Gasteiger partial charge >= 0.3 is 0 Å². The average molecular weight is 278 g/mol. The van der Waals surface area contributed by atoms with Crippen LogP contribution in [0.4, 0.5) is 4.39 Å². The van der Waals surface area contributed by atoms with Gasteiger partial charge < -0.3 is 10.6 Å². The van der Waals surface area contributed by atoms with Gasteiger partial charge in [-0.25, -0.2) is 4.39 Å². The molecule has 2 rings (SSSR count). The lowest BCUT2D eigenvalue weighted by Crippen LogP contribution is -2.43. The summed E-state index contributed by atoms with van der Waals surface area (Å²) in [6.45, 7) is 6.16. The molecule has 1 saturated heterocycles. The Morgan fingerprint density at radius 3 is 2.65 bits per heavy atom. The summed E-state index contributed by atoms with van der Waals surface area (Å²) < 4.78 is 13.8. The number of carbonyl (C=O) groups is 1. The van der Waals surface area contributed by atoms with Gasteiger partial charge in [-0.05, 0) is 37.6 Å². The summed E-state index contributed by atoms with van der Waals surface area (Å²) in [5.41, 5.74) is 0.235. The van der Waals surface area contributed by atoms with E-state index in [1.807, 2.05) is 19.9 Å². The van der Waals surface area contributed by atoms with Crippen LogP contribution in [0.3, 0.4) is 0 Å². The van der Waals surface area contributed by atoms with Gasteiger partial charge in [-0.1, -0.05) is 32.0 Å². The molecule has 1 aliphatic rings.